The lowest BCUT2D eigenvalue weighted by atomic mass is 10.1. The summed E-state index contributed by atoms with van der Waals surface area (Å²) < 4.78 is 27.1. The molecule has 0 atom stereocenters. The summed E-state index contributed by atoms with van der Waals surface area (Å²) in [7, 11) is 4.22. The number of nitrogens with one attached hydrogen (secondary N) is 1. The average Bonchev–Trinajstić information content (AvgIpc) is 2.92. The molecular formula is C27H22ClNO8. The van der Waals surface area contributed by atoms with Gasteiger partial charge in [-0.1, -0.05) is 23.7 Å². The van der Waals surface area contributed by atoms with E-state index in [0.717, 1.165) is 0 Å². The van der Waals surface area contributed by atoms with Gasteiger partial charge in [-0.2, -0.15) is 0 Å². The third kappa shape index (κ3) is 5.36. The van der Waals surface area contributed by atoms with E-state index in [-0.39, 0.29) is 33.7 Å². The monoisotopic (exact) mass is 523 g/mol. The molecule has 1 N–H and O–H groups in total. The molecule has 0 spiro atoms. The van der Waals surface area contributed by atoms with Crippen LogP contribution in [0.25, 0.3) is 22.3 Å². The van der Waals surface area contributed by atoms with E-state index in [1.165, 1.54) is 33.5 Å². The van der Waals surface area contributed by atoms with Gasteiger partial charge in [0.05, 0.1) is 38.0 Å². The van der Waals surface area contributed by atoms with Gasteiger partial charge in [0.25, 0.3) is 5.91 Å². The summed E-state index contributed by atoms with van der Waals surface area (Å²) in [5, 5.41) is 3.12. The number of halogens is 1. The van der Waals surface area contributed by atoms with E-state index in [4.69, 9.17) is 35.0 Å². The first-order chi connectivity index (χ1) is 17.9. The van der Waals surface area contributed by atoms with Crippen LogP contribution in [0.1, 0.15) is 10.4 Å². The van der Waals surface area contributed by atoms with Crippen molar-refractivity contribution < 1.29 is 33.0 Å². The zero-order valence-electron chi connectivity index (χ0n) is 20.1. The van der Waals surface area contributed by atoms with Crippen molar-refractivity contribution in [2.45, 2.75) is 0 Å². The maximum absolute atomic E-state index is 13.4. The number of anilines is 1. The number of para-hydroxylation sites is 1. The SMILES string of the molecule is COC(=O)c1ccccc1NC(=O)COc1c(-c2ccc(OC)c(OC)c2)oc2ccc(Cl)cc2c1=O. The van der Waals surface area contributed by atoms with Crippen LogP contribution in [-0.4, -0.2) is 39.8 Å². The molecule has 1 amide bonds. The number of amides is 1. The fraction of sp³-hybridized carbons (Fsp3) is 0.148. The predicted molar refractivity (Wildman–Crippen MR) is 138 cm³/mol. The number of fused-ring (bicyclic) bond motifs is 1. The van der Waals surface area contributed by atoms with E-state index >= 15 is 0 Å². The highest BCUT2D eigenvalue weighted by Gasteiger charge is 2.21. The number of hydrogen-bond acceptors (Lipinski definition) is 8. The lowest BCUT2D eigenvalue weighted by Gasteiger charge is -2.14. The van der Waals surface area contributed by atoms with Crippen molar-refractivity contribution in [2.24, 2.45) is 0 Å². The number of rotatable bonds is 8. The molecule has 0 radical (unpaired) electrons. The van der Waals surface area contributed by atoms with Crippen molar-refractivity contribution in [3.63, 3.8) is 0 Å². The van der Waals surface area contributed by atoms with Gasteiger partial charge in [0.15, 0.2) is 23.9 Å². The van der Waals surface area contributed by atoms with Crippen molar-refractivity contribution in [1.82, 2.24) is 0 Å². The van der Waals surface area contributed by atoms with Gasteiger partial charge in [0.2, 0.25) is 11.2 Å². The van der Waals surface area contributed by atoms with Crippen LogP contribution in [0.4, 0.5) is 5.69 Å². The number of carbonyl (C=O) groups excluding carboxylic acids is 2. The molecule has 0 aliphatic rings. The Kier molecular flexibility index (Phi) is 7.64. The number of carbonyl (C=O) groups is 2. The second-order valence-electron chi connectivity index (χ2n) is 7.67. The highest BCUT2D eigenvalue weighted by Crippen LogP contribution is 2.37. The minimum Gasteiger partial charge on any atom is -0.493 e. The summed E-state index contributed by atoms with van der Waals surface area (Å²) in [6, 6.07) is 15.9. The smallest absolute Gasteiger partial charge is 0.339 e. The van der Waals surface area contributed by atoms with Gasteiger partial charge in [0.1, 0.15) is 5.58 Å². The first-order valence-electron chi connectivity index (χ1n) is 10.9. The van der Waals surface area contributed by atoms with E-state index < -0.39 is 23.9 Å². The summed E-state index contributed by atoms with van der Waals surface area (Å²) >= 11 is 6.09. The van der Waals surface area contributed by atoms with E-state index in [2.05, 4.69) is 5.32 Å². The van der Waals surface area contributed by atoms with Gasteiger partial charge in [-0.3, -0.25) is 9.59 Å². The Balaban J connectivity index is 1.72. The topological polar surface area (TPSA) is 113 Å². The number of benzene rings is 3. The van der Waals surface area contributed by atoms with Gasteiger partial charge >= 0.3 is 5.97 Å². The van der Waals surface area contributed by atoms with Crippen LogP contribution in [0.3, 0.4) is 0 Å². The zero-order valence-corrected chi connectivity index (χ0v) is 20.9. The summed E-state index contributed by atoms with van der Waals surface area (Å²) in [6.07, 6.45) is 0. The predicted octanol–water partition coefficient (Wildman–Crippen LogP) is 4.93. The van der Waals surface area contributed by atoms with Crippen LogP contribution < -0.4 is 25.0 Å². The third-order valence-corrected chi connectivity index (χ3v) is 5.65. The minimum absolute atomic E-state index is 0.0866. The van der Waals surface area contributed by atoms with Crippen molar-refractivity contribution in [2.75, 3.05) is 33.3 Å². The van der Waals surface area contributed by atoms with Crippen LogP contribution in [0, 0.1) is 0 Å². The molecule has 0 aliphatic heterocycles. The van der Waals surface area contributed by atoms with Crippen LogP contribution in [0.2, 0.25) is 5.02 Å². The Morgan fingerprint density at radius 1 is 0.946 bits per heavy atom. The summed E-state index contributed by atoms with van der Waals surface area (Å²) in [5.41, 5.74) is 0.627. The number of methoxy groups -OCH3 is 3. The summed E-state index contributed by atoms with van der Waals surface area (Å²) in [4.78, 5) is 38.1. The molecule has 190 valence electrons. The van der Waals surface area contributed by atoms with E-state index in [0.29, 0.717) is 22.1 Å². The molecule has 0 unspecified atom stereocenters. The fourth-order valence-corrected chi connectivity index (χ4v) is 3.83. The standard InChI is InChI=1S/C27H22ClNO8/c1-33-21-10-8-15(12-22(21)34-2)25-26(24(31)18-13-16(28)9-11-20(18)37-25)36-14-23(30)29-19-7-5-4-6-17(19)27(32)35-3/h4-13H,14H2,1-3H3,(H,29,30). The maximum Gasteiger partial charge on any atom is 0.339 e. The molecule has 1 heterocycles. The average molecular weight is 524 g/mol. The first kappa shape index (κ1) is 25.6. The van der Waals surface area contributed by atoms with E-state index in [9.17, 15) is 14.4 Å². The molecule has 0 bridgehead atoms. The molecule has 4 aromatic rings. The van der Waals surface area contributed by atoms with Crippen molar-refractivity contribution in [3.8, 4) is 28.6 Å². The van der Waals surface area contributed by atoms with Gasteiger partial charge in [-0.05, 0) is 48.5 Å². The van der Waals surface area contributed by atoms with E-state index in [1.807, 2.05) is 0 Å². The van der Waals surface area contributed by atoms with Crippen molar-refractivity contribution in [1.29, 1.82) is 0 Å². The number of hydrogen-bond donors (Lipinski definition) is 1. The molecule has 37 heavy (non-hydrogen) atoms. The molecule has 3 aromatic carbocycles. The molecule has 0 saturated heterocycles. The van der Waals surface area contributed by atoms with Crippen LogP contribution in [0.15, 0.2) is 69.9 Å². The Bertz CT molecular complexity index is 1550. The van der Waals surface area contributed by atoms with Gasteiger partial charge in [-0.15, -0.1) is 0 Å². The molecule has 10 heteroatoms. The molecule has 4 rings (SSSR count). The number of ether oxygens (including phenoxy) is 4. The third-order valence-electron chi connectivity index (χ3n) is 5.41. The Labute approximate surface area is 216 Å². The molecule has 0 fully saturated rings. The second kappa shape index (κ2) is 11.0. The van der Waals surface area contributed by atoms with Crippen molar-refractivity contribution >= 4 is 40.1 Å². The number of esters is 1. The first-order valence-corrected chi connectivity index (χ1v) is 11.3. The Hall–Kier alpha value is -4.50. The quantitative estimate of drug-likeness (QED) is 0.323. The molecule has 9 nitrogen and oxygen atoms in total. The second-order valence-corrected chi connectivity index (χ2v) is 8.11. The van der Waals surface area contributed by atoms with Gasteiger partial charge in [0, 0.05) is 10.6 Å². The highest BCUT2D eigenvalue weighted by atomic mass is 35.5. The largest absolute Gasteiger partial charge is 0.493 e. The fourth-order valence-electron chi connectivity index (χ4n) is 3.65. The molecule has 1 aromatic heterocycles. The Morgan fingerprint density at radius 3 is 2.43 bits per heavy atom. The molecular weight excluding hydrogens is 502 g/mol. The van der Waals surface area contributed by atoms with Crippen LogP contribution in [0.5, 0.6) is 17.2 Å². The molecule has 0 saturated carbocycles. The summed E-state index contributed by atoms with van der Waals surface area (Å²) in [6.45, 7) is -0.549. The molecule has 0 aliphatic carbocycles. The zero-order chi connectivity index (χ0) is 26.5. The summed E-state index contributed by atoms with van der Waals surface area (Å²) in [5.74, 6) is -0.448. The van der Waals surface area contributed by atoms with Crippen LogP contribution >= 0.6 is 11.6 Å². The Morgan fingerprint density at radius 2 is 1.70 bits per heavy atom. The minimum atomic E-state index is -0.611. The normalized spacial score (nSPS) is 10.6. The van der Waals surface area contributed by atoms with E-state index in [1.54, 1.807) is 48.5 Å². The lowest BCUT2D eigenvalue weighted by molar-refractivity contribution is -0.118. The van der Waals surface area contributed by atoms with Crippen LogP contribution in [-0.2, 0) is 9.53 Å². The van der Waals surface area contributed by atoms with Gasteiger partial charge < -0.3 is 28.7 Å². The lowest BCUT2D eigenvalue weighted by Crippen LogP contribution is -2.23. The van der Waals surface area contributed by atoms with Gasteiger partial charge in [-0.25, -0.2) is 4.79 Å². The highest BCUT2D eigenvalue weighted by molar-refractivity contribution is 6.31. The maximum atomic E-state index is 13.4. The van der Waals surface area contributed by atoms with Crippen molar-refractivity contribution in [3.05, 3.63) is 81.5 Å².